The third-order valence-corrected chi connectivity index (χ3v) is 4.34. The van der Waals surface area contributed by atoms with E-state index in [1.165, 1.54) is 17.7 Å². The second kappa shape index (κ2) is 9.78. The lowest BCUT2D eigenvalue weighted by molar-refractivity contribution is -0.137. The SMILES string of the molecule is O=C(NC/C=C/Cc1ccc(Cc2cnc[nH]2)cc1)Nc1ccc(C(F)(F)F)cc1. The summed E-state index contributed by atoms with van der Waals surface area (Å²) in [5.41, 5.74) is 2.93. The van der Waals surface area contributed by atoms with Crippen molar-refractivity contribution in [1.82, 2.24) is 15.3 Å². The number of alkyl halides is 3. The van der Waals surface area contributed by atoms with Crippen molar-refractivity contribution in [1.29, 1.82) is 0 Å². The number of anilines is 1. The number of imidazole rings is 1. The molecule has 1 aromatic heterocycles. The van der Waals surface area contributed by atoms with Gasteiger partial charge in [0, 0.05) is 30.5 Å². The summed E-state index contributed by atoms with van der Waals surface area (Å²) in [5, 5.41) is 5.12. The summed E-state index contributed by atoms with van der Waals surface area (Å²) in [5.74, 6) is 0. The number of H-pyrrole nitrogens is 1. The minimum atomic E-state index is -4.40. The lowest BCUT2D eigenvalue weighted by atomic mass is 10.1. The van der Waals surface area contributed by atoms with Gasteiger partial charge in [0.25, 0.3) is 0 Å². The molecule has 3 N–H and O–H groups in total. The number of hydrogen-bond acceptors (Lipinski definition) is 2. The molecular formula is C22H21F3N4O. The second-order valence-electron chi connectivity index (χ2n) is 6.66. The van der Waals surface area contributed by atoms with E-state index in [-0.39, 0.29) is 0 Å². The third-order valence-electron chi connectivity index (χ3n) is 4.34. The van der Waals surface area contributed by atoms with Gasteiger partial charge >= 0.3 is 12.2 Å². The van der Waals surface area contributed by atoms with Crippen LogP contribution < -0.4 is 10.6 Å². The lowest BCUT2D eigenvalue weighted by Gasteiger charge is -2.09. The molecule has 5 nitrogen and oxygen atoms in total. The van der Waals surface area contributed by atoms with Crippen molar-refractivity contribution in [3.05, 3.63) is 95.6 Å². The first-order chi connectivity index (χ1) is 14.4. The summed E-state index contributed by atoms with van der Waals surface area (Å²) in [6.07, 6.45) is 4.36. The molecule has 0 aliphatic rings. The Labute approximate surface area is 172 Å². The maximum atomic E-state index is 12.5. The number of nitrogens with zero attached hydrogens (tertiary/aromatic N) is 1. The predicted molar refractivity (Wildman–Crippen MR) is 109 cm³/mol. The standard InChI is InChI=1S/C22H21F3N4O/c23-22(24,25)18-8-10-19(11-9-18)29-21(30)27-12-2-1-3-16-4-6-17(7-5-16)13-20-14-26-15-28-20/h1-2,4-11,14-15H,3,12-13H2,(H,26,28)(H2,27,29,30)/b2-1+. The Morgan fingerprint density at radius 2 is 1.70 bits per heavy atom. The van der Waals surface area contributed by atoms with Gasteiger partial charge in [-0.15, -0.1) is 0 Å². The van der Waals surface area contributed by atoms with Crippen molar-refractivity contribution < 1.29 is 18.0 Å². The average Bonchev–Trinajstić information content (AvgIpc) is 3.22. The van der Waals surface area contributed by atoms with Crippen LogP contribution in [-0.2, 0) is 19.0 Å². The number of carbonyl (C=O) groups is 1. The van der Waals surface area contributed by atoms with Crippen molar-refractivity contribution in [2.75, 3.05) is 11.9 Å². The molecule has 0 atom stereocenters. The van der Waals surface area contributed by atoms with Crippen LogP contribution in [0.3, 0.4) is 0 Å². The highest BCUT2D eigenvalue weighted by molar-refractivity contribution is 5.89. The third kappa shape index (κ3) is 6.51. The van der Waals surface area contributed by atoms with E-state index in [2.05, 4.69) is 44.9 Å². The molecule has 0 spiro atoms. The first kappa shape index (κ1) is 21.2. The maximum absolute atomic E-state index is 12.5. The van der Waals surface area contributed by atoms with E-state index in [4.69, 9.17) is 0 Å². The number of hydrogen-bond donors (Lipinski definition) is 3. The van der Waals surface area contributed by atoms with E-state index in [1.54, 1.807) is 12.5 Å². The van der Waals surface area contributed by atoms with Gasteiger partial charge in [-0.25, -0.2) is 9.78 Å². The molecule has 30 heavy (non-hydrogen) atoms. The monoisotopic (exact) mass is 414 g/mol. The zero-order chi connectivity index (χ0) is 21.4. The summed E-state index contributed by atoms with van der Waals surface area (Å²) >= 11 is 0. The van der Waals surface area contributed by atoms with Gasteiger partial charge in [0.1, 0.15) is 0 Å². The van der Waals surface area contributed by atoms with Crippen LogP contribution in [-0.4, -0.2) is 22.5 Å². The quantitative estimate of drug-likeness (QED) is 0.480. The highest BCUT2D eigenvalue weighted by Crippen LogP contribution is 2.29. The Hall–Kier alpha value is -3.55. The number of halogens is 3. The van der Waals surface area contributed by atoms with E-state index in [0.717, 1.165) is 36.2 Å². The maximum Gasteiger partial charge on any atom is 0.416 e. The number of benzene rings is 2. The molecule has 3 aromatic rings. The zero-order valence-electron chi connectivity index (χ0n) is 16.0. The van der Waals surface area contributed by atoms with Gasteiger partial charge in [-0.2, -0.15) is 13.2 Å². The van der Waals surface area contributed by atoms with Crippen LogP contribution in [0.1, 0.15) is 22.4 Å². The molecule has 0 fully saturated rings. The molecule has 2 amide bonds. The van der Waals surface area contributed by atoms with Crippen molar-refractivity contribution in [3.8, 4) is 0 Å². The van der Waals surface area contributed by atoms with Gasteiger partial charge in [-0.05, 0) is 41.8 Å². The second-order valence-corrected chi connectivity index (χ2v) is 6.66. The number of rotatable bonds is 7. The highest BCUT2D eigenvalue weighted by atomic mass is 19.4. The zero-order valence-corrected chi connectivity index (χ0v) is 16.0. The van der Waals surface area contributed by atoms with Crippen LogP contribution in [0.25, 0.3) is 0 Å². The number of aromatic nitrogens is 2. The van der Waals surface area contributed by atoms with Gasteiger partial charge in [0.05, 0.1) is 11.9 Å². The molecule has 2 aromatic carbocycles. The van der Waals surface area contributed by atoms with Crippen molar-refractivity contribution in [2.24, 2.45) is 0 Å². The van der Waals surface area contributed by atoms with E-state index < -0.39 is 17.8 Å². The van der Waals surface area contributed by atoms with Gasteiger partial charge in [0.15, 0.2) is 0 Å². The smallest absolute Gasteiger partial charge is 0.348 e. The number of aromatic amines is 1. The number of carbonyl (C=O) groups excluding carboxylic acids is 1. The first-order valence-electron chi connectivity index (χ1n) is 9.32. The first-order valence-corrected chi connectivity index (χ1v) is 9.32. The van der Waals surface area contributed by atoms with Crippen molar-refractivity contribution in [2.45, 2.75) is 19.0 Å². The summed E-state index contributed by atoms with van der Waals surface area (Å²) in [7, 11) is 0. The molecule has 0 unspecified atom stereocenters. The van der Waals surface area contributed by atoms with E-state index in [1.807, 2.05) is 12.2 Å². The topological polar surface area (TPSA) is 69.8 Å². The minimum Gasteiger partial charge on any atom is -0.348 e. The highest BCUT2D eigenvalue weighted by Gasteiger charge is 2.29. The molecule has 156 valence electrons. The van der Waals surface area contributed by atoms with Gasteiger partial charge < -0.3 is 15.6 Å². The van der Waals surface area contributed by atoms with Crippen LogP contribution in [0.5, 0.6) is 0 Å². The molecule has 1 heterocycles. The molecule has 3 rings (SSSR count). The van der Waals surface area contributed by atoms with Crippen molar-refractivity contribution in [3.63, 3.8) is 0 Å². The van der Waals surface area contributed by atoms with Gasteiger partial charge in [-0.3, -0.25) is 0 Å². The van der Waals surface area contributed by atoms with Crippen LogP contribution in [0.15, 0.2) is 73.2 Å². The molecule has 0 bridgehead atoms. The summed E-state index contributed by atoms with van der Waals surface area (Å²) in [4.78, 5) is 18.9. The minimum absolute atomic E-state index is 0.291. The van der Waals surface area contributed by atoms with Gasteiger partial charge in [0.2, 0.25) is 0 Å². The Balaban J connectivity index is 1.38. The summed E-state index contributed by atoms with van der Waals surface area (Å²) < 4.78 is 37.6. The molecule has 0 saturated carbocycles. The number of nitrogens with one attached hydrogen (secondary N) is 3. The fourth-order valence-corrected chi connectivity index (χ4v) is 2.77. The Morgan fingerprint density at radius 1 is 1.00 bits per heavy atom. The number of amides is 2. The predicted octanol–water partition coefficient (Wildman–Crippen LogP) is 4.94. The molecule has 0 aliphatic heterocycles. The van der Waals surface area contributed by atoms with Crippen LogP contribution >= 0.6 is 0 Å². The average molecular weight is 414 g/mol. The van der Waals surface area contributed by atoms with Crippen LogP contribution in [0.4, 0.5) is 23.7 Å². The van der Waals surface area contributed by atoms with E-state index in [0.29, 0.717) is 12.2 Å². The fraction of sp³-hybridized carbons (Fsp3) is 0.182. The Bertz CT molecular complexity index is 963. The molecular weight excluding hydrogens is 393 g/mol. The summed E-state index contributed by atoms with van der Waals surface area (Å²) in [6.45, 7) is 0.310. The number of allylic oxidation sites excluding steroid dienone is 1. The van der Waals surface area contributed by atoms with Gasteiger partial charge in [-0.1, -0.05) is 36.4 Å². The molecule has 8 heteroatoms. The van der Waals surface area contributed by atoms with Crippen LogP contribution in [0.2, 0.25) is 0 Å². The molecule has 0 saturated heterocycles. The Morgan fingerprint density at radius 3 is 2.33 bits per heavy atom. The lowest BCUT2D eigenvalue weighted by Crippen LogP contribution is -2.28. The van der Waals surface area contributed by atoms with Crippen LogP contribution in [0, 0.1) is 0 Å². The fourth-order valence-electron chi connectivity index (χ4n) is 2.77. The summed E-state index contributed by atoms with van der Waals surface area (Å²) in [6, 6.07) is 12.1. The van der Waals surface area contributed by atoms with E-state index in [9.17, 15) is 18.0 Å². The number of urea groups is 1. The normalized spacial score (nSPS) is 11.6. The molecule has 0 aliphatic carbocycles. The van der Waals surface area contributed by atoms with E-state index >= 15 is 0 Å². The van der Waals surface area contributed by atoms with Crippen molar-refractivity contribution >= 4 is 11.7 Å². The molecule has 0 radical (unpaired) electrons. The largest absolute Gasteiger partial charge is 0.416 e. The Kier molecular flexibility index (Phi) is 6.90.